The molecule has 2 saturated heterocycles. The molecule has 2 heterocycles. The monoisotopic (exact) mass is 256 g/mol. The van der Waals surface area contributed by atoms with Gasteiger partial charge in [0.2, 0.25) is 0 Å². The van der Waals surface area contributed by atoms with Gasteiger partial charge in [-0.25, -0.2) is 4.79 Å². The van der Waals surface area contributed by atoms with Gasteiger partial charge in [-0.15, -0.1) is 0 Å². The molecule has 1 amide bonds. The van der Waals surface area contributed by atoms with E-state index in [1.54, 1.807) is 0 Å². The van der Waals surface area contributed by atoms with Crippen LogP contribution in [0.4, 0.5) is 4.79 Å². The minimum absolute atomic E-state index is 0.234. The Bertz CT molecular complexity index is 297. The van der Waals surface area contributed by atoms with Crippen LogP contribution in [0.3, 0.4) is 0 Å². The molecule has 5 heteroatoms. The number of nitrogens with one attached hydrogen (secondary N) is 1. The van der Waals surface area contributed by atoms with E-state index in [1.807, 2.05) is 20.8 Å². The maximum Gasteiger partial charge on any atom is 0.407 e. The fourth-order valence-corrected chi connectivity index (χ4v) is 2.30. The third-order valence-corrected chi connectivity index (χ3v) is 3.38. The van der Waals surface area contributed by atoms with Gasteiger partial charge in [-0.05, 0) is 33.7 Å². The molecular formula is C13H24N2O3. The zero-order valence-electron chi connectivity index (χ0n) is 11.6. The lowest BCUT2D eigenvalue weighted by Gasteiger charge is -2.34. The fourth-order valence-electron chi connectivity index (χ4n) is 2.30. The molecule has 0 bridgehead atoms. The number of rotatable bonds is 3. The van der Waals surface area contributed by atoms with Crippen LogP contribution in [0.25, 0.3) is 0 Å². The second-order valence-corrected chi connectivity index (χ2v) is 6.31. The summed E-state index contributed by atoms with van der Waals surface area (Å²) in [5.74, 6) is 0.469. The lowest BCUT2D eigenvalue weighted by Crippen LogP contribution is -2.48. The van der Waals surface area contributed by atoms with Crippen molar-refractivity contribution in [2.24, 2.45) is 5.92 Å². The molecule has 1 N–H and O–H groups in total. The number of nitrogens with zero attached hydrogens (tertiary/aromatic N) is 1. The molecule has 0 aliphatic carbocycles. The molecule has 18 heavy (non-hydrogen) atoms. The molecule has 2 fully saturated rings. The van der Waals surface area contributed by atoms with Gasteiger partial charge in [0.1, 0.15) is 0 Å². The molecule has 2 aliphatic heterocycles. The molecule has 0 aromatic carbocycles. The normalized spacial score (nSPS) is 25.8. The van der Waals surface area contributed by atoms with E-state index in [1.165, 1.54) is 0 Å². The van der Waals surface area contributed by atoms with E-state index >= 15 is 0 Å². The van der Waals surface area contributed by atoms with E-state index < -0.39 is 0 Å². The van der Waals surface area contributed by atoms with E-state index in [2.05, 4.69) is 10.2 Å². The Labute approximate surface area is 109 Å². The number of hydrogen-bond donors (Lipinski definition) is 1. The van der Waals surface area contributed by atoms with Gasteiger partial charge in [0.15, 0.2) is 0 Å². The van der Waals surface area contributed by atoms with Crippen LogP contribution in [0.2, 0.25) is 0 Å². The van der Waals surface area contributed by atoms with Gasteiger partial charge in [0.05, 0.1) is 25.9 Å². The summed E-state index contributed by atoms with van der Waals surface area (Å²) in [5, 5.41) is 2.80. The predicted molar refractivity (Wildman–Crippen MR) is 68.5 cm³/mol. The van der Waals surface area contributed by atoms with Crippen molar-refractivity contribution in [3.05, 3.63) is 0 Å². The number of alkyl carbamates (subject to hydrolysis) is 1. The average Bonchev–Trinajstić information content (AvgIpc) is 2.58. The number of ether oxygens (including phenoxy) is 2. The Balaban J connectivity index is 1.64. The predicted octanol–water partition coefficient (Wildman–Crippen LogP) is 1.23. The third-order valence-electron chi connectivity index (χ3n) is 3.38. The first kappa shape index (κ1) is 13.6. The molecule has 1 atom stereocenters. The number of carbonyl (C=O) groups excluding carboxylic acids is 1. The zero-order valence-corrected chi connectivity index (χ0v) is 11.6. The van der Waals surface area contributed by atoms with Gasteiger partial charge in [0.25, 0.3) is 0 Å². The standard InChI is InChI=1S/C13H24N2O3/c1-13(2,3)14-12(16)18-7-10-4-5-15(6-10)11-8-17-9-11/h10-11H,4-9H2,1-3H3,(H,14,16)/t10-/m0/s1. The largest absolute Gasteiger partial charge is 0.449 e. The smallest absolute Gasteiger partial charge is 0.407 e. The molecule has 104 valence electrons. The lowest BCUT2D eigenvalue weighted by atomic mass is 10.1. The SMILES string of the molecule is CC(C)(C)NC(=O)OC[C@H]1CCN(C2COC2)C1. The first-order valence-corrected chi connectivity index (χ1v) is 6.71. The van der Waals surface area contributed by atoms with Crippen LogP contribution < -0.4 is 5.32 Å². The van der Waals surface area contributed by atoms with Crippen molar-refractivity contribution >= 4 is 6.09 Å². The fraction of sp³-hybridized carbons (Fsp3) is 0.923. The molecule has 0 unspecified atom stereocenters. The van der Waals surface area contributed by atoms with E-state index in [4.69, 9.17) is 9.47 Å². The highest BCUT2D eigenvalue weighted by Crippen LogP contribution is 2.22. The van der Waals surface area contributed by atoms with Crippen molar-refractivity contribution < 1.29 is 14.3 Å². The summed E-state index contributed by atoms with van der Waals surface area (Å²) >= 11 is 0. The Hall–Kier alpha value is -0.810. The highest BCUT2D eigenvalue weighted by Gasteiger charge is 2.32. The first-order chi connectivity index (χ1) is 8.44. The second-order valence-electron chi connectivity index (χ2n) is 6.31. The molecule has 5 nitrogen and oxygen atoms in total. The van der Waals surface area contributed by atoms with Gasteiger partial charge >= 0.3 is 6.09 Å². The summed E-state index contributed by atoms with van der Waals surface area (Å²) < 4.78 is 10.5. The van der Waals surface area contributed by atoms with Crippen molar-refractivity contribution in [1.29, 1.82) is 0 Å². The molecule has 0 radical (unpaired) electrons. The molecule has 0 aromatic heterocycles. The maximum absolute atomic E-state index is 11.5. The molecule has 2 rings (SSSR count). The lowest BCUT2D eigenvalue weighted by molar-refractivity contribution is -0.0586. The Kier molecular flexibility index (Phi) is 4.12. The first-order valence-electron chi connectivity index (χ1n) is 6.71. The summed E-state index contributed by atoms with van der Waals surface area (Å²) in [7, 11) is 0. The van der Waals surface area contributed by atoms with Crippen molar-refractivity contribution in [3.8, 4) is 0 Å². The molecule has 2 aliphatic rings. The highest BCUT2D eigenvalue weighted by atomic mass is 16.5. The highest BCUT2D eigenvalue weighted by molar-refractivity contribution is 5.68. The number of hydrogen-bond acceptors (Lipinski definition) is 4. The van der Waals surface area contributed by atoms with Gasteiger partial charge in [-0.3, -0.25) is 4.90 Å². The Morgan fingerprint density at radius 1 is 1.44 bits per heavy atom. The van der Waals surface area contributed by atoms with Crippen molar-refractivity contribution in [2.45, 2.75) is 38.8 Å². The van der Waals surface area contributed by atoms with Crippen LogP contribution in [-0.4, -0.2) is 55.5 Å². The van der Waals surface area contributed by atoms with Gasteiger partial charge in [-0.2, -0.15) is 0 Å². The second kappa shape index (κ2) is 5.45. The van der Waals surface area contributed by atoms with Crippen molar-refractivity contribution in [3.63, 3.8) is 0 Å². The van der Waals surface area contributed by atoms with Crippen LogP contribution in [0.15, 0.2) is 0 Å². The minimum atomic E-state index is -0.312. The summed E-state index contributed by atoms with van der Waals surface area (Å²) in [6, 6.07) is 0.596. The summed E-state index contributed by atoms with van der Waals surface area (Å²) in [4.78, 5) is 14.0. The zero-order chi connectivity index (χ0) is 13.2. The number of amides is 1. The summed E-state index contributed by atoms with van der Waals surface area (Å²) in [5.41, 5.74) is -0.234. The van der Waals surface area contributed by atoms with Crippen LogP contribution >= 0.6 is 0 Å². The van der Waals surface area contributed by atoms with Crippen LogP contribution in [0, 0.1) is 5.92 Å². The van der Waals surface area contributed by atoms with Crippen LogP contribution in [0.5, 0.6) is 0 Å². The quantitative estimate of drug-likeness (QED) is 0.825. The average molecular weight is 256 g/mol. The topological polar surface area (TPSA) is 50.8 Å². The summed E-state index contributed by atoms with van der Waals surface area (Å²) in [6.45, 7) is 10.2. The number of carbonyl (C=O) groups is 1. The van der Waals surface area contributed by atoms with Crippen molar-refractivity contribution in [2.75, 3.05) is 32.9 Å². The third kappa shape index (κ3) is 3.85. The molecule has 0 aromatic rings. The molecular weight excluding hydrogens is 232 g/mol. The van der Waals surface area contributed by atoms with Gasteiger partial charge < -0.3 is 14.8 Å². The van der Waals surface area contributed by atoms with Crippen LogP contribution in [0.1, 0.15) is 27.2 Å². The van der Waals surface area contributed by atoms with E-state index in [0.29, 0.717) is 18.6 Å². The molecule has 0 saturated carbocycles. The number of likely N-dealkylation sites (tertiary alicyclic amines) is 1. The van der Waals surface area contributed by atoms with E-state index in [-0.39, 0.29) is 11.6 Å². The summed E-state index contributed by atoms with van der Waals surface area (Å²) in [6.07, 6.45) is 0.798. The Morgan fingerprint density at radius 2 is 2.17 bits per heavy atom. The van der Waals surface area contributed by atoms with Crippen molar-refractivity contribution in [1.82, 2.24) is 10.2 Å². The van der Waals surface area contributed by atoms with E-state index in [0.717, 1.165) is 32.7 Å². The minimum Gasteiger partial charge on any atom is -0.449 e. The van der Waals surface area contributed by atoms with Gasteiger partial charge in [-0.1, -0.05) is 0 Å². The van der Waals surface area contributed by atoms with Crippen LogP contribution in [-0.2, 0) is 9.47 Å². The maximum atomic E-state index is 11.5. The molecule has 0 spiro atoms. The van der Waals surface area contributed by atoms with E-state index in [9.17, 15) is 4.79 Å². The Morgan fingerprint density at radius 3 is 2.72 bits per heavy atom. The van der Waals surface area contributed by atoms with Gasteiger partial charge in [0, 0.05) is 18.0 Å².